The van der Waals surface area contributed by atoms with E-state index in [1.54, 1.807) is 11.4 Å². The second-order valence-electron chi connectivity index (χ2n) is 4.44. The van der Waals surface area contributed by atoms with Gasteiger partial charge in [-0.05, 0) is 30.7 Å². The lowest BCUT2D eigenvalue weighted by atomic mass is 9.99. The number of nitrogens with zero attached hydrogens (tertiary/aromatic N) is 1. The van der Waals surface area contributed by atoms with Gasteiger partial charge in [0.1, 0.15) is 4.88 Å². The number of hydrogen-bond donors (Lipinski definition) is 2. The van der Waals surface area contributed by atoms with E-state index in [-0.39, 0.29) is 11.9 Å². The Bertz CT molecular complexity index is 622. The highest BCUT2D eigenvalue weighted by Gasteiger charge is 2.21. The number of nitrogens with two attached hydrogens (primary N) is 1. The van der Waals surface area contributed by atoms with Crippen molar-refractivity contribution in [2.75, 3.05) is 5.32 Å². The Balaban J connectivity index is 1.78. The van der Waals surface area contributed by atoms with E-state index in [4.69, 9.17) is 17.3 Å². The molecule has 0 saturated carbocycles. The second kappa shape index (κ2) is 5.20. The fraction of sp³-hybridized carbons (Fsp3) is 0.333. The van der Waals surface area contributed by atoms with E-state index in [1.165, 1.54) is 27.6 Å². The molecule has 3 N–H and O–H groups in total. The second-order valence-corrected chi connectivity index (χ2v) is 6.85. The molecule has 0 fully saturated rings. The number of nitrogens with one attached hydrogen (secondary N) is 1. The van der Waals surface area contributed by atoms with E-state index in [0.717, 1.165) is 25.0 Å². The molecular formula is C12H12ClN3OS2. The van der Waals surface area contributed by atoms with Crippen molar-refractivity contribution in [3.63, 3.8) is 0 Å². The van der Waals surface area contributed by atoms with Crippen LogP contribution in [0.4, 0.5) is 5.13 Å². The smallest absolute Gasteiger partial charge is 0.269 e. The number of aryl methyl sites for hydroxylation is 1. The fourth-order valence-electron chi connectivity index (χ4n) is 2.06. The normalized spacial score (nSPS) is 18.1. The van der Waals surface area contributed by atoms with E-state index >= 15 is 0 Å². The summed E-state index contributed by atoms with van der Waals surface area (Å²) in [6.45, 7) is 0. The number of aromatic nitrogens is 1. The summed E-state index contributed by atoms with van der Waals surface area (Å²) in [6.07, 6.45) is 2.70. The van der Waals surface area contributed by atoms with Crippen molar-refractivity contribution in [3.05, 3.63) is 31.9 Å². The van der Waals surface area contributed by atoms with Crippen LogP contribution in [0.2, 0.25) is 5.02 Å². The van der Waals surface area contributed by atoms with Crippen molar-refractivity contribution in [1.82, 2.24) is 4.98 Å². The average Bonchev–Trinajstić information content (AvgIpc) is 2.94. The van der Waals surface area contributed by atoms with E-state index < -0.39 is 0 Å². The van der Waals surface area contributed by atoms with Gasteiger partial charge in [-0.3, -0.25) is 10.1 Å². The van der Waals surface area contributed by atoms with Crippen LogP contribution in [0.3, 0.4) is 0 Å². The van der Waals surface area contributed by atoms with E-state index in [1.807, 2.05) is 0 Å². The third-order valence-electron chi connectivity index (χ3n) is 3.02. The zero-order chi connectivity index (χ0) is 13.4. The number of thiazole rings is 1. The third kappa shape index (κ3) is 2.67. The maximum atomic E-state index is 12.0. The number of hydrogen-bond acceptors (Lipinski definition) is 5. The molecule has 0 spiro atoms. The molecular weight excluding hydrogens is 302 g/mol. The maximum absolute atomic E-state index is 12.0. The zero-order valence-electron chi connectivity index (χ0n) is 9.98. The highest BCUT2D eigenvalue weighted by atomic mass is 35.5. The summed E-state index contributed by atoms with van der Waals surface area (Å²) >= 11 is 8.77. The average molecular weight is 314 g/mol. The summed E-state index contributed by atoms with van der Waals surface area (Å²) in [6, 6.07) is 1.93. The molecule has 1 aliphatic rings. The fourth-order valence-corrected chi connectivity index (χ4v) is 4.20. The van der Waals surface area contributed by atoms with Gasteiger partial charge in [-0.25, -0.2) is 4.98 Å². The van der Waals surface area contributed by atoms with Gasteiger partial charge in [0.15, 0.2) is 5.13 Å². The summed E-state index contributed by atoms with van der Waals surface area (Å²) in [5, 5.41) is 5.72. The molecule has 0 bridgehead atoms. The van der Waals surface area contributed by atoms with Crippen LogP contribution in [0.25, 0.3) is 0 Å². The van der Waals surface area contributed by atoms with Gasteiger partial charge in [0.25, 0.3) is 5.91 Å². The van der Waals surface area contributed by atoms with Crippen molar-refractivity contribution in [3.8, 4) is 0 Å². The van der Waals surface area contributed by atoms with Crippen LogP contribution in [0.15, 0.2) is 11.4 Å². The highest BCUT2D eigenvalue weighted by Crippen LogP contribution is 2.30. The number of carbonyl (C=O) groups is 1. The van der Waals surface area contributed by atoms with Crippen molar-refractivity contribution in [2.24, 2.45) is 5.73 Å². The molecule has 0 radical (unpaired) electrons. The largest absolute Gasteiger partial charge is 0.327 e. The molecule has 2 aromatic rings. The van der Waals surface area contributed by atoms with Gasteiger partial charge in [-0.2, -0.15) is 0 Å². The van der Waals surface area contributed by atoms with Crippen molar-refractivity contribution in [2.45, 2.75) is 25.3 Å². The lowest BCUT2D eigenvalue weighted by Crippen LogP contribution is -2.27. The minimum absolute atomic E-state index is 0.199. The molecule has 7 heteroatoms. The van der Waals surface area contributed by atoms with Crippen LogP contribution in [-0.2, 0) is 12.8 Å². The van der Waals surface area contributed by atoms with Crippen molar-refractivity contribution < 1.29 is 4.79 Å². The first-order chi connectivity index (χ1) is 9.13. The summed E-state index contributed by atoms with van der Waals surface area (Å²) in [5.74, 6) is -0.199. The standard InChI is InChI=1S/C12H12ClN3OS2/c13-7-3-4-18-10(7)11(17)16-12-15-8-2-1-6(14)5-9(8)19-12/h3-4,6H,1-2,5,14H2,(H,15,16,17)/t6-/m0/s1. The van der Waals surface area contributed by atoms with E-state index in [2.05, 4.69) is 10.3 Å². The number of fused-ring (bicyclic) bond motifs is 1. The first-order valence-electron chi connectivity index (χ1n) is 5.92. The van der Waals surface area contributed by atoms with Crippen molar-refractivity contribution in [1.29, 1.82) is 0 Å². The summed E-state index contributed by atoms with van der Waals surface area (Å²) in [5.41, 5.74) is 7.00. The van der Waals surface area contributed by atoms with Gasteiger partial charge < -0.3 is 5.73 Å². The number of rotatable bonds is 2. The molecule has 0 saturated heterocycles. The molecule has 0 unspecified atom stereocenters. The molecule has 0 aliphatic heterocycles. The Morgan fingerprint density at radius 3 is 3.16 bits per heavy atom. The maximum Gasteiger partial charge on any atom is 0.269 e. The van der Waals surface area contributed by atoms with Crippen LogP contribution in [0, 0.1) is 0 Å². The predicted octanol–water partition coefficient (Wildman–Crippen LogP) is 2.93. The third-order valence-corrected chi connectivity index (χ3v) is 5.40. The van der Waals surface area contributed by atoms with Crippen LogP contribution in [0.1, 0.15) is 26.7 Å². The minimum Gasteiger partial charge on any atom is -0.327 e. The Kier molecular flexibility index (Phi) is 3.58. The monoisotopic (exact) mass is 313 g/mol. The number of amides is 1. The summed E-state index contributed by atoms with van der Waals surface area (Å²) in [4.78, 5) is 18.2. The van der Waals surface area contributed by atoms with Crippen LogP contribution < -0.4 is 11.1 Å². The molecule has 2 heterocycles. The quantitative estimate of drug-likeness (QED) is 0.895. The molecule has 100 valence electrons. The van der Waals surface area contributed by atoms with Crippen LogP contribution in [-0.4, -0.2) is 16.9 Å². The number of anilines is 1. The van der Waals surface area contributed by atoms with Gasteiger partial charge in [-0.1, -0.05) is 11.6 Å². The molecule has 1 atom stereocenters. The van der Waals surface area contributed by atoms with Crippen LogP contribution >= 0.6 is 34.3 Å². The lowest BCUT2D eigenvalue weighted by Gasteiger charge is -2.15. The Labute approximate surface area is 123 Å². The van der Waals surface area contributed by atoms with Crippen molar-refractivity contribution >= 4 is 45.3 Å². The van der Waals surface area contributed by atoms with Gasteiger partial charge in [0.2, 0.25) is 0 Å². The molecule has 19 heavy (non-hydrogen) atoms. The first kappa shape index (κ1) is 13.1. The topological polar surface area (TPSA) is 68.0 Å². The Morgan fingerprint density at radius 2 is 2.42 bits per heavy atom. The Hall–Kier alpha value is -0.950. The lowest BCUT2D eigenvalue weighted by molar-refractivity contribution is 0.103. The number of halogens is 1. The molecule has 4 nitrogen and oxygen atoms in total. The van der Waals surface area contributed by atoms with Gasteiger partial charge in [-0.15, -0.1) is 22.7 Å². The zero-order valence-corrected chi connectivity index (χ0v) is 12.4. The molecule has 1 amide bonds. The highest BCUT2D eigenvalue weighted by molar-refractivity contribution is 7.16. The predicted molar refractivity (Wildman–Crippen MR) is 79.4 cm³/mol. The van der Waals surface area contributed by atoms with Gasteiger partial charge >= 0.3 is 0 Å². The summed E-state index contributed by atoms with van der Waals surface area (Å²) in [7, 11) is 0. The van der Waals surface area contributed by atoms with Gasteiger partial charge in [0, 0.05) is 10.9 Å². The molecule has 3 rings (SSSR count). The molecule has 1 aliphatic carbocycles. The first-order valence-corrected chi connectivity index (χ1v) is 7.99. The minimum atomic E-state index is -0.199. The SMILES string of the molecule is N[C@H]1CCc2nc(NC(=O)c3sccc3Cl)sc2C1. The van der Waals surface area contributed by atoms with E-state index in [9.17, 15) is 4.79 Å². The molecule has 2 aromatic heterocycles. The number of thiophene rings is 1. The molecule has 0 aromatic carbocycles. The van der Waals surface area contributed by atoms with Crippen LogP contribution in [0.5, 0.6) is 0 Å². The Morgan fingerprint density at radius 1 is 1.58 bits per heavy atom. The van der Waals surface area contributed by atoms with E-state index in [0.29, 0.717) is 15.0 Å². The van der Waals surface area contributed by atoms with Gasteiger partial charge in [0.05, 0.1) is 10.7 Å². The summed E-state index contributed by atoms with van der Waals surface area (Å²) < 4.78 is 0. The number of carbonyl (C=O) groups excluding carboxylic acids is 1.